The first-order chi connectivity index (χ1) is 10.7. The number of H-pyrrole nitrogens is 1. The van der Waals surface area contributed by atoms with Gasteiger partial charge in [0.2, 0.25) is 5.91 Å². The molecule has 22 heavy (non-hydrogen) atoms. The highest BCUT2D eigenvalue weighted by Gasteiger charge is 2.15. The fourth-order valence-corrected chi connectivity index (χ4v) is 2.68. The molecule has 116 valence electrons. The van der Waals surface area contributed by atoms with E-state index < -0.39 is 0 Å². The number of hydrogen-bond acceptors (Lipinski definition) is 4. The maximum absolute atomic E-state index is 11.2. The maximum atomic E-state index is 11.2. The van der Waals surface area contributed by atoms with Gasteiger partial charge >= 0.3 is 0 Å². The maximum Gasteiger partial charge on any atom is 0.222 e. The Morgan fingerprint density at radius 2 is 2.36 bits per heavy atom. The molecular weight excluding hydrogens is 280 g/mol. The van der Waals surface area contributed by atoms with Crippen LogP contribution in [-0.4, -0.2) is 43.6 Å². The van der Waals surface area contributed by atoms with Gasteiger partial charge in [-0.3, -0.25) is 9.69 Å². The summed E-state index contributed by atoms with van der Waals surface area (Å²) in [5.41, 5.74) is 2.43. The predicted molar refractivity (Wildman–Crippen MR) is 83.1 cm³/mol. The van der Waals surface area contributed by atoms with Gasteiger partial charge in [0.1, 0.15) is 5.82 Å². The molecule has 3 rings (SSSR count). The number of carbonyl (C=O) groups is 1. The second-order valence-corrected chi connectivity index (χ2v) is 5.49. The zero-order chi connectivity index (χ0) is 15.4. The lowest BCUT2D eigenvalue weighted by Crippen LogP contribution is -2.31. The van der Waals surface area contributed by atoms with E-state index in [0.717, 1.165) is 37.6 Å². The van der Waals surface area contributed by atoms with Crippen LogP contribution >= 0.6 is 0 Å². The van der Waals surface area contributed by atoms with Crippen LogP contribution in [0, 0.1) is 0 Å². The Kier molecular flexibility index (Phi) is 4.34. The fourth-order valence-electron chi connectivity index (χ4n) is 2.68. The zero-order valence-corrected chi connectivity index (χ0v) is 12.6. The van der Waals surface area contributed by atoms with Crippen molar-refractivity contribution in [3.05, 3.63) is 42.1 Å². The van der Waals surface area contributed by atoms with Crippen LogP contribution in [0.1, 0.15) is 19.0 Å². The van der Waals surface area contributed by atoms with Gasteiger partial charge in [0.25, 0.3) is 0 Å². The van der Waals surface area contributed by atoms with E-state index in [-0.39, 0.29) is 5.91 Å². The van der Waals surface area contributed by atoms with E-state index in [0.29, 0.717) is 6.54 Å². The fraction of sp³-hybridized carbons (Fsp3) is 0.400. The minimum atomic E-state index is -0.0831. The van der Waals surface area contributed by atoms with Gasteiger partial charge in [0.05, 0.1) is 19.1 Å². The molecule has 2 N–H and O–H groups in total. The van der Waals surface area contributed by atoms with Gasteiger partial charge in [-0.1, -0.05) is 6.08 Å². The number of imidazole rings is 1. The number of carbonyl (C=O) groups excluding carboxylic acids is 1. The van der Waals surface area contributed by atoms with Crippen LogP contribution < -0.4 is 5.32 Å². The summed E-state index contributed by atoms with van der Waals surface area (Å²) >= 11 is 0. The van der Waals surface area contributed by atoms with E-state index in [1.165, 1.54) is 12.5 Å². The molecule has 1 aliphatic rings. The van der Waals surface area contributed by atoms with Crippen molar-refractivity contribution in [2.45, 2.75) is 26.4 Å². The largest absolute Gasteiger partial charge is 0.347 e. The van der Waals surface area contributed by atoms with E-state index >= 15 is 0 Å². The van der Waals surface area contributed by atoms with E-state index in [4.69, 9.17) is 0 Å². The predicted octanol–water partition coefficient (Wildman–Crippen LogP) is 1.40. The van der Waals surface area contributed by atoms with Crippen LogP contribution in [0.2, 0.25) is 0 Å². The SMILES string of the molecule is CC(=O)Nc1ccnn1CC1=CCCN(Cc2cnc[nH]2)C1. The standard InChI is InChI=1S/C15H20N6O/c1-12(22)19-15-4-5-18-21(15)9-13-3-2-6-20(8-13)10-14-7-16-11-17-14/h3-5,7,11H,2,6,8-10H2,1H3,(H,16,17)(H,19,22). The average Bonchev–Trinajstić information content (AvgIpc) is 3.12. The number of aromatic nitrogens is 4. The third-order valence-corrected chi connectivity index (χ3v) is 3.63. The Hall–Kier alpha value is -2.41. The normalized spacial score (nSPS) is 15.6. The van der Waals surface area contributed by atoms with Crippen molar-refractivity contribution >= 4 is 11.7 Å². The number of hydrogen-bond donors (Lipinski definition) is 2. The molecule has 2 aromatic heterocycles. The van der Waals surface area contributed by atoms with E-state index in [9.17, 15) is 4.79 Å². The molecule has 0 unspecified atom stereocenters. The van der Waals surface area contributed by atoms with E-state index in [1.807, 2.05) is 16.9 Å². The summed E-state index contributed by atoms with van der Waals surface area (Å²) < 4.78 is 1.83. The highest BCUT2D eigenvalue weighted by molar-refractivity contribution is 5.87. The monoisotopic (exact) mass is 300 g/mol. The number of anilines is 1. The van der Waals surface area contributed by atoms with Gasteiger partial charge in [0, 0.05) is 44.5 Å². The lowest BCUT2D eigenvalue weighted by Gasteiger charge is -2.27. The Morgan fingerprint density at radius 1 is 1.45 bits per heavy atom. The summed E-state index contributed by atoms with van der Waals surface area (Å²) in [6.07, 6.45) is 8.57. The van der Waals surface area contributed by atoms with Crippen molar-refractivity contribution in [1.29, 1.82) is 0 Å². The van der Waals surface area contributed by atoms with Crippen LogP contribution in [0.4, 0.5) is 5.82 Å². The molecule has 0 aliphatic carbocycles. The molecule has 0 spiro atoms. The first kappa shape index (κ1) is 14.5. The number of rotatable bonds is 5. The molecule has 7 nitrogen and oxygen atoms in total. The summed E-state index contributed by atoms with van der Waals surface area (Å²) in [7, 11) is 0. The second kappa shape index (κ2) is 6.57. The third-order valence-electron chi connectivity index (χ3n) is 3.63. The van der Waals surface area contributed by atoms with Gasteiger partial charge < -0.3 is 10.3 Å². The van der Waals surface area contributed by atoms with Crippen molar-refractivity contribution in [2.75, 3.05) is 18.4 Å². The van der Waals surface area contributed by atoms with E-state index in [1.54, 1.807) is 12.5 Å². The van der Waals surface area contributed by atoms with E-state index in [2.05, 4.69) is 31.4 Å². The van der Waals surface area contributed by atoms with Crippen LogP contribution in [0.15, 0.2) is 36.4 Å². The molecule has 0 radical (unpaired) electrons. The Labute approximate surface area is 129 Å². The molecular formula is C15H20N6O. The van der Waals surface area contributed by atoms with Crippen molar-refractivity contribution in [2.24, 2.45) is 0 Å². The van der Waals surface area contributed by atoms with Gasteiger partial charge in [0.15, 0.2) is 0 Å². The quantitative estimate of drug-likeness (QED) is 0.818. The molecule has 0 atom stereocenters. The first-order valence-corrected chi connectivity index (χ1v) is 7.37. The van der Waals surface area contributed by atoms with Gasteiger partial charge in [-0.05, 0) is 12.0 Å². The summed E-state index contributed by atoms with van der Waals surface area (Å²) in [5.74, 6) is 0.652. The molecule has 1 aliphatic heterocycles. The second-order valence-electron chi connectivity index (χ2n) is 5.49. The Balaban J connectivity index is 1.62. The first-order valence-electron chi connectivity index (χ1n) is 7.37. The third kappa shape index (κ3) is 3.62. The minimum absolute atomic E-state index is 0.0831. The molecule has 0 fully saturated rings. The van der Waals surface area contributed by atoms with Crippen LogP contribution in [0.3, 0.4) is 0 Å². The molecule has 0 saturated heterocycles. The highest BCUT2D eigenvalue weighted by Crippen LogP contribution is 2.16. The summed E-state index contributed by atoms with van der Waals surface area (Å²) in [6, 6.07) is 1.81. The number of aromatic amines is 1. The molecule has 0 saturated carbocycles. The van der Waals surface area contributed by atoms with Gasteiger partial charge in [-0.15, -0.1) is 0 Å². The minimum Gasteiger partial charge on any atom is -0.347 e. The molecule has 0 bridgehead atoms. The van der Waals surface area contributed by atoms with Crippen LogP contribution in [-0.2, 0) is 17.9 Å². The van der Waals surface area contributed by atoms with Crippen molar-refractivity contribution in [3.63, 3.8) is 0 Å². The van der Waals surface area contributed by atoms with Crippen molar-refractivity contribution in [1.82, 2.24) is 24.6 Å². The molecule has 7 heteroatoms. The van der Waals surface area contributed by atoms with Gasteiger partial charge in [-0.25, -0.2) is 9.67 Å². The number of nitrogens with zero attached hydrogens (tertiary/aromatic N) is 4. The molecule has 1 amide bonds. The summed E-state index contributed by atoms with van der Waals surface area (Å²) in [5, 5.41) is 7.09. The smallest absolute Gasteiger partial charge is 0.222 e. The molecule has 3 heterocycles. The number of nitrogens with one attached hydrogen (secondary N) is 2. The Morgan fingerprint density at radius 3 is 3.14 bits per heavy atom. The zero-order valence-electron chi connectivity index (χ0n) is 12.6. The summed E-state index contributed by atoms with van der Waals surface area (Å²) in [4.78, 5) is 20.8. The summed E-state index contributed by atoms with van der Waals surface area (Å²) in [6.45, 7) is 5.01. The van der Waals surface area contributed by atoms with Crippen LogP contribution in [0.25, 0.3) is 0 Å². The van der Waals surface area contributed by atoms with Crippen molar-refractivity contribution in [3.8, 4) is 0 Å². The Bertz CT molecular complexity index is 657. The molecule has 2 aromatic rings. The lowest BCUT2D eigenvalue weighted by atomic mass is 10.1. The number of amides is 1. The lowest BCUT2D eigenvalue weighted by molar-refractivity contribution is -0.114. The molecule has 0 aromatic carbocycles. The van der Waals surface area contributed by atoms with Gasteiger partial charge in [-0.2, -0.15) is 5.10 Å². The average molecular weight is 300 g/mol. The topological polar surface area (TPSA) is 78.8 Å². The highest BCUT2D eigenvalue weighted by atomic mass is 16.1. The van der Waals surface area contributed by atoms with Crippen molar-refractivity contribution < 1.29 is 4.79 Å². The van der Waals surface area contributed by atoms with Crippen LogP contribution in [0.5, 0.6) is 0 Å².